The molecule has 0 bridgehead atoms. The Bertz CT molecular complexity index is 779. The maximum absolute atomic E-state index is 5.94. The molecule has 0 saturated carbocycles. The molecule has 0 fully saturated rings. The van der Waals surface area contributed by atoms with Crippen molar-refractivity contribution in [1.29, 1.82) is 0 Å². The van der Waals surface area contributed by atoms with Gasteiger partial charge in [0.05, 0.1) is 6.20 Å². The quantitative estimate of drug-likeness (QED) is 0.794. The second-order valence-electron chi connectivity index (χ2n) is 4.97. The summed E-state index contributed by atoms with van der Waals surface area (Å²) in [5.74, 6) is 2.03. The van der Waals surface area contributed by atoms with Crippen LogP contribution in [-0.4, -0.2) is 20.9 Å². The summed E-state index contributed by atoms with van der Waals surface area (Å²) < 4.78 is 7.84. The number of aryl methyl sites for hydroxylation is 2. The van der Waals surface area contributed by atoms with Crippen molar-refractivity contribution in [1.82, 2.24) is 14.4 Å². The minimum atomic E-state index is 0.502. The predicted octanol–water partition coefficient (Wildman–Crippen LogP) is 3.57. The summed E-state index contributed by atoms with van der Waals surface area (Å²) >= 11 is 0. The number of fused-ring (bicyclic) bond motifs is 1. The molecule has 1 N–H and O–H groups in total. The van der Waals surface area contributed by atoms with Gasteiger partial charge >= 0.3 is 0 Å². The number of rotatable bonds is 4. The van der Waals surface area contributed by atoms with Crippen LogP contribution in [0.2, 0.25) is 0 Å². The highest BCUT2D eigenvalue weighted by Crippen LogP contribution is 2.26. The van der Waals surface area contributed by atoms with Crippen molar-refractivity contribution in [3.63, 3.8) is 0 Å². The lowest BCUT2D eigenvalue weighted by Crippen LogP contribution is -2.03. The zero-order valence-corrected chi connectivity index (χ0v) is 12.4. The predicted molar refractivity (Wildman–Crippen MR) is 83.1 cm³/mol. The van der Waals surface area contributed by atoms with Crippen molar-refractivity contribution in [2.24, 2.45) is 0 Å². The molecule has 2 heterocycles. The van der Waals surface area contributed by atoms with Crippen LogP contribution >= 0.6 is 0 Å². The minimum absolute atomic E-state index is 0.502. The molecule has 21 heavy (non-hydrogen) atoms. The largest absolute Gasteiger partial charge is 0.436 e. The fourth-order valence-corrected chi connectivity index (χ4v) is 2.13. The van der Waals surface area contributed by atoms with E-state index in [2.05, 4.69) is 29.1 Å². The monoisotopic (exact) mass is 282 g/mol. The Labute approximate surface area is 123 Å². The average molecular weight is 282 g/mol. The van der Waals surface area contributed by atoms with Gasteiger partial charge in [-0.25, -0.2) is 4.98 Å². The van der Waals surface area contributed by atoms with Gasteiger partial charge in [0.15, 0.2) is 0 Å². The molecule has 3 aromatic rings. The molecule has 0 radical (unpaired) electrons. The Hall–Kier alpha value is -2.56. The molecular formula is C16H18N4O. The van der Waals surface area contributed by atoms with Crippen molar-refractivity contribution in [2.45, 2.75) is 20.8 Å². The summed E-state index contributed by atoms with van der Waals surface area (Å²) in [6.45, 7) is 6.98. The van der Waals surface area contributed by atoms with Gasteiger partial charge in [-0.1, -0.05) is 6.07 Å². The summed E-state index contributed by atoms with van der Waals surface area (Å²) in [6.07, 6.45) is 5.52. The van der Waals surface area contributed by atoms with Crippen LogP contribution in [0.3, 0.4) is 0 Å². The van der Waals surface area contributed by atoms with Crippen LogP contribution in [0.4, 0.5) is 5.82 Å². The van der Waals surface area contributed by atoms with E-state index < -0.39 is 0 Å². The van der Waals surface area contributed by atoms with E-state index in [1.807, 2.05) is 41.9 Å². The van der Waals surface area contributed by atoms with E-state index >= 15 is 0 Å². The summed E-state index contributed by atoms with van der Waals surface area (Å²) in [7, 11) is 0. The van der Waals surface area contributed by atoms with E-state index in [0.717, 1.165) is 18.1 Å². The topological polar surface area (TPSA) is 51.5 Å². The maximum atomic E-state index is 5.94. The Morgan fingerprint density at radius 1 is 1.24 bits per heavy atom. The number of hydrogen-bond donors (Lipinski definition) is 1. The van der Waals surface area contributed by atoms with Crippen LogP contribution in [0, 0.1) is 13.8 Å². The number of anilines is 1. The molecule has 0 spiro atoms. The molecule has 108 valence electrons. The second kappa shape index (κ2) is 5.44. The third kappa shape index (κ3) is 2.67. The second-order valence-corrected chi connectivity index (χ2v) is 4.97. The zero-order chi connectivity index (χ0) is 14.8. The fourth-order valence-electron chi connectivity index (χ4n) is 2.13. The third-order valence-corrected chi connectivity index (χ3v) is 3.39. The molecule has 0 aliphatic carbocycles. The minimum Gasteiger partial charge on any atom is -0.436 e. The molecule has 2 aromatic heterocycles. The van der Waals surface area contributed by atoms with E-state index in [0.29, 0.717) is 11.5 Å². The fraction of sp³-hybridized carbons (Fsp3) is 0.250. The molecule has 0 aliphatic heterocycles. The number of benzene rings is 1. The standard InChI is InChI=1S/C16H18N4O/c1-4-17-14-10-20-8-7-18-15(20)16(19-14)21-13-6-5-11(2)12(3)9-13/h5-10,17H,4H2,1-3H3. The number of ether oxygens (including phenoxy) is 1. The molecule has 3 rings (SSSR count). The molecule has 1 aromatic carbocycles. The SMILES string of the molecule is CCNc1cn2ccnc2c(Oc2ccc(C)c(C)c2)n1. The number of imidazole rings is 1. The van der Waals surface area contributed by atoms with Crippen LogP contribution in [0.1, 0.15) is 18.1 Å². The lowest BCUT2D eigenvalue weighted by molar-refractivity contribution is 0.465. The van der Waals surface area contributed by atoms with Crippen molar-refractivity contribution >= 4 is 11.5 Å². The highest BCUT2D eigenvalue weighted by atomic mass is 16.5. The summed E-state index contributed by atoms with van der Waals surface area (Å²) in [5, 5.41) is 3.20. The van der Waals surface area contributed by atoms with Crippen LogP contribution < -0.4 is 10.1 Å². The summed E-state index contributed by atoms with van der Waals surface area (Å²) in [6, 6.07) is 6.00. The van der Waals surface area contributed by atoms with Crippen molar-refractivity contribution in [2.75, 3.05) is 11.9 Å². The molecule has 0 saturated heterocycles. The molecule has 5 heteroatoms. The van der Waals surface area contributed by atoms with Gasteiger partial charge in [-0.3, -0.25) is 4.40 Å². The normalized spacial score (nSPS) is 10.8. The first-order valence-electron chi connectivity index (χ1n) is 7.00. The van der Waals surface area contributed by atoms with E-state index in [4.69, 9.17) is 4.74 Å². The maximum Gasteiger partial charge on any atom is 0.265 e. The number of hydrogen-bond acceptors (Lipinski definition) is 4. The highest BCUT2D eigenvalue weighted by molar-refractivity contribution is 5.55. The van der Waals surface area contributed by atoms with E-state index in [1.165, 1.54) is 11.1 Å². The van der Waals surface area contributed by atoms with Crippen LogP contribution in [0.15, 0.2) is 36.8 Å². The first kappa shape index (κ1) is 13.4. The van der Waals surface area contributed by atoms with E-state index in [1.54, 1.807) is 6.20 Å². The first-order valence-corrected chi connectivity index (χ1v) is 7.00. The van der Waals surface area contributed by atoms with Gasteiger partial charge in [0, 0.05) is 18.9 Å². The van der Waals surface area contributed by atoms with Gasteiger partial charge in [0.25, 0.3) is 5.88 Å². The lowest BCUT2D eigenvalue weighted by atomic mass is 10.1. The smallest absolute Gasteiger partial charge is 0.265 e. The van der Waals surface area contributed by atoms with Crippen LogP contribution in [-0.2, 0) is 0 Å². The van der Waals surface area contributed by atoms with E-state index in [9.17, 15) is 0 Å². The first-order chi connectivity index (χ1) is 10.2. The number of aromatic nitrogens is 3. The molecule has 0 atom stereocenters. The van der Waals surface area contributed by atoms with Gasteiger partial charge in [0.1, 0.15) is 11.6 Å². The van der Waals surface area contributed by atoms with E-state index in [-0.39, 0.29) is 0 Å². The van der Waals surface area contributed by atoms with Gasteiger partial charge in [-0.15, -0.1) is 0 Å². The van der Waals surface area contributed by atoms with Crippen LogP contribution in [0.5, 0.6) is 11.6 Å². The number of nitrogens with zero attached hydrogens (tertiary/aromatic N) is 3. The average Bonchev–Trinajstić information content (AvgIpc) is 2.92. The Morgan fingerprint density at radius 3 is 2.86 bits per heavy atom. The van der Waals surface area contributed by atoms with Crippen molar-refractivity contribution in [3.8, 4) is 11.6 Å². The zero-order valence-electron chi connectivity index (χ0n) is 12.4. The molecule has 5 nitrogen and oxygen atoms in total. The van der Waals surface area contributed by atoms with Crippen LogP contribution in [0.25, 0.3) is 5.65 Å². The van der Waals surface area contributed by atoms with Gasteiger partial charge in [0.2, 0.25) is 5.65 Å². The molecule has 0 aliphatic rings. The van der Waals surface area contributed by atoms with Gasteiger partial charge < -0.3 is 10.1 Å². The van der Waals surface area contributed by atoms with Crippen molar-refractivity contribution < 1.29 is 4.74 Å². The van der Waals surface area contributed by atoms with Gasteiger partial charge in [-0.05, 0) is 44.0 Å². The molecule has 0 unspecified atom stereocenters. The molecular weight excluding hydrogens is 264 g/mol. The number of nitrogens with one attached hydrogen (secondary N) is 1. The van der Waals surface area contributed by atoms with Crippen molar-refractivity contribution in [3.05, 3.63) is 47.9 Å². The summed E-state index contributed by atoms with van der Waals surface area (Å²) in [4.78, 5) is 8.80. The lowest BCUT2D eigenvalue weighted by Gasteiger charge is -2.10. The van der Waals surface area contributed by atoms with Gasteiger partial charge in [-0.2, -0.15) is 4.98 Å². The summed E-state index contributed by atoms with van der Waals surface area (Å²) in [5.41, 5.74) is 3.13. The Kier molecular flexibility index (Phi) is 3.48. The Morgan fingerprint density at radius 2 is 2.10 bits per heavy atom. The Balaban J connectivity index is 2.01. The highest BCUT2D eigenvalue weighted by Gasteiger charge is 2.10. The third-order valence-electron chi connectivity index (χ3n) is 3.39. The molecule has 0 amide bonds.